The number of pyridine rings is 1. The lowest BCUT2D eigenvalue weighted by molar-refractivity contribution is -0.127. The van der Waals surface area contributed by atoms with Gasteiger partial charge in [-0.3, -0.25) is 4.79 Å². The van der Waals surface area contributed by atoms with Crippen molar-refractivity contribution in [2.24, 2.45) is 11.7 Å². The largest absolute Gasteiger partial charge is 0.346 e. The van der Waals surface area contributed by atoms with Crippen LogP contribution in [0.5, 0.6) is 0 Å². The van der Waals surface area contributed by atoms with E-state index in [1.54, 1.807) is 6.20 Å². The first-order valence-electron chi connectivity index (χ1n) is 6.66. The fraction of sp³-hybridized carbons (Fsp3) is 0.429. The van der Waals surface area contributed by atoms with Crippen LogP contribution in [0.25, 0.3) is 11.0 Å². The van der Waals surface area contributed by atoms with Gasteiger partial charge in [0, 0.05) is 37.3 Å². The molecule has 2 aromatic rings. The highest BCUT2D eigenvalue weighted by Crippen LogP contribution is 2.20. The summed E-state index contributed by atoms with van der Waals surface area (Å²) in [4.78, 5) is 21.2. The van der Waals surface area contributed by atoms with E-state index < -0.39 is 0 Å². The van der Waals surface area contributed by atoms with Gasteiger partial charge in [0.1, 0.15) is 5.65 Å². The number of likely N-dealkylation sites (tertiary alicyclic amines) is 1. The predicted octanol–water partition coefficient (Wildman–Crippen LogP) is 0.913. The number of nitrogens with one attached hydrogen (secondary N) is 1. The molecule has 3 rings (SSSR count). The van der Waals surface area contributed by atoms with Crippen molar-refractivity contribution in [3.8, 4) is 0 Å². The molecule has 19 heavy (non-hydrogen) atoms. The molecule has 5 heteroatoms. The van der Waals surface area contributed by atoms with Gasteiger partial charge in [0.25, 0.3) is 0 Å². The number of H-pyrrole nitrogens is 1. The molecule has 100 valence electrons. The third-order valence-corrected chi connectivity index (χ3v) is 3.82. The summed E-state index contributed by atoms with van der Waals surface area (Å²) in [6.07, 6.45) is 5.22. The maximum Gasteiger partial charge on any atom is 0.222 e. The number of aromatic nitrogens is 2. The van der Waals surface area contributed by atoms with Gasteiger partial charge in [0.05, 0.1) is 0 Å². The molecule has 1 aliphatic heterocycles. The number of fused-ring (bicyclic) bond motifs is 1. The second kappa shape index (κ2) is 5.01. The number of hydrogen-bond donors (Lipinski definition) is 2. The minimum atomic E-state index is 0.230. The molecular weight excluding hydrogens is 240 g/mol. The smallest absolute Gasteiger partial charge is 0.222 e. The minimum Gasteiger partial charge on any atom is -0.346 e. The van der Waals surface area contributed by atoms with E-state index in [0.29, 0.717) is 18.9 Å². The lowest BCUT2D eigenvalue weighted by Crippen LogP contribution is -2.28. The first-order chi connectivity index (χ1) is 9.28. The summed E-state index contributed by atoms with van der Waals surface area (Å²) < 4.78 is 0. The van der Waals surface area contributed by atoms with Crippen molar-refractivity contribution in [2.45, 2.75) is 12.8 Å². The second-order valence-corrected chi connectivity index (χ2v) is 5.11. The van der Waals surface area contributed by atoms with Gasteiger partial charge < -0.3 is 15.6 Å². The fourth-order valence-corrected chi connectivity index (χ4v) is 2.70. The molecule has 0 saturated carbocycles. The summed E-state index contributed by atoms with van der Waals surface area (Å²) >= 11 is 0. The van der Waals surface area contributed by atoms with E-state index >= 15 is 0 Å². The molecule has 3 N–H and O–H groups in total. The molecule has 0 spiro atoms. The molecule has 5 nitrogen and oxygen atoms in total. The Labute approximate surface area is 111 Å². The zero-order chi connectivity index (χ0) is 13.2. The number of nitrogens with two attached hydrogens (primary N) is 1. The first-order valence-corrected chi connectivity index (χ1v) is 6.66. The summed E-state index contributed by atoms with van der Waals surface area (Å²) in [6.45, 7) is 2.16. The molecule has 0 bridgehead atoms. The molecule has 2 aromatic heterocycles. The topological polar surface area (TPSA) is 75.0 Å². The predicted molar refractivity (Wildman–Crippen MR) is 73.5 cm³/mol. The molecule has 1 saturated heterocycles. The van der Waals surface area contributed by atoms with Crippen LogP contribution in [0.3, 0.4) is 0 Å². The Bertz CT molecular complexity index is 592. The van der Waals surface area contributed by atoms with Crippen LogP contribution in [-0.4, -0.2) is 40.4 Å². The lowest BCUT2D eigenvalue weighted by atomic mass is 10.1. The van der Waals surface area contributed by atoms with Crippen molar-refractivity contribution >= 4 is 16.9 Å². The molecule has 1 fully saturated rings. The molecule has 1 atom stereocenters. The number of carbonyl (C=O) groups excluding carboxylic acids is 1. The van der Waals surface area contributed by atoms with Crippen molar-refractivity contribution in [1.82, 2.24) is 14.9 Å². The number of rotatable bonds is 4. The fourth-order valence-electron chi connectivity index (χ4n) is 2.70. The van der Waals surface area contributed by atoms with Crippen molar-refractivity contribution in [1.29, 1.82) is 0 Å². The number of aromatic amines is 1. The minimum absolute atomic E-state index is 0.230. The van der Waals surface area contributed by atoms with Crippen LogP contribution >= 0.6 is 0 Å². The molecule has 1 amide bonds. The van der Waals surface area contributed by atoms with Crippen molar-refractivity contribution in [2.75, 3.05) is 19.6 Å². The first kappa shape index (κ1) is 12.2. The van der Waals surface area contributed by atoms with Crippen LogP contribution in [0.15, 0.2) is 24.5 Å². The van der Waals surface area contributed by atoms with Gasteiger partial charge in [0.2, 0.25) is 5.91 Å². The normalized spacial score (nSPS) is 19.5. The van der Waals surface area contributed by atoms with Gasteiger partial charge in [-0.05, 0) is 36.6 Å². The van der Waals surface area contributed by atoms with Crippen LogP contribution in [0.2, 0.25) is 0 Å². The average Bonchev–Trinajstić information content (AvgIpc) is 3.00. The molecule has 0 aromatic carbocycles. The summed E-state index contributed by atoms with van der Waals surface area (Å²) in [6, 6.07) is 3.99. The Morgan fingerprint density at radius 3 is 3.21 bits per heavy atom. The highest BCUT2D eigenvalue weighted by molar-refractivity contribution is 5.80. The van der Waals surface area contributed by atoms with Gasteiger partial charge >= 0.3 is 0 Å². The summed E-state index contributed by atoms with van der Waals surface area (Å²) in [5, 5.41) is 1.14. The summed E-state index contributed by atoms with van der Waals surface area (Å²) in [5.74, 6) is 0.561. The van der Waals surface area contributed by atoms with E-state index in [9.17, 15) is 4.79 Å². The van der Waals surface area contributed by atoms with E-state index in [0.717, 1.165) is 30.5 Å². The number of hydrogen-bond acceptors (Lipinski definition) is 3. The van der Waals surface area contributed by atoms with Crippen molar-refractivity contribution < 1.29 is 4.79 Å². The highest BCUT2D eigenvalue weighted by atomic mass is 16.2. The summed E-state index contributed by atoms with van der Waals surface area (Å²) in [5.41, 5.74) is 7.75. The maximum atomic E-state index is 11.8. The Hall–Kier alpha value is -1.88. The number of carbonyl (C=O) groups is 1. The maximum absolute atomic E-state index is 11.8. The van der Waals surface area contributed by atoms with Crippen molar-refractivity contribution in [3.05, 3.63) is 30.1 Å². The Kier molecular flexibility index (Phi) is 3.21. The van der Waals surface area contributed by atoms with Crippen molar-refractivity contribution in [3.63, 3.8) is 0 Å². The Balaban J connectivity index is 1.68. The van der Waals surface area contributed by atoms with E-state index in [1.165, 1.54) is 5.56 Å². The Morgan fingerprint density at radius 1 is 1.53 bits per heavy atom. The highest BCUT2D eigenvalue weighted by Gasteiger charge is 2.28. The molecule has 0 radical (unpaired) electrons. The Morgan fingerprint density at radius 2 is 2.42 bits per heavy atom. The molecule has 1 unspecified atom stereocenters. The van der Waals surface area contributed by atoms with Crippen LogP contribution in [0.4, 0.5) is 0 Å². The SMILES string of the molecule is NCC1CC(=O)N(CCc2c[nH]c3ncccc23)C1. The quantitative estimate of drug-likeness (QED) is 0.856. The van der Waals surface area contributed by atoms with Crippen LogP contribution in [0.1, 0.15) is 12.0 Å². The van der Waals surface area contributed by atoms with Crippen LogP contribution < -0.4 is 5.73 Å². The molecule has 0 aliphatic carbocycles. The van der Waals surface area contributed by atoms with E-state index in [4.69, 9.17) is 5.73 Å². The zero-order valence-corrected chi connectivity index (χ0v) is 10.8. The van der Waals surface area contributed by atoms with Gasteiger partial charge in [-0.25, -0.2) is 4.98 Å². The summed E-state index contributed by atoms with van der Waals surface area (Å²) in [7, 11) is 0. The van der Waals surface area contributed by atoms with E-state index in [2.05, 4.69) is 16.0 Å². The molecular formula is C14H18N4O. The second-order valence-electron chi connectivity index (χ2n) is 5.11. The zero-order valence-electron chi connectivity index (χ0n) is 10.8. The standard InChI is InChI=1S/C14H18N4O/c15-7-10-6-13(19)18(9-10)5-3-11-8-17-14-12(11)2-1-4-16-14/h1-2,4,8,10H,3,5-7,9,15H2,(H,16,17). The number of amides is 1. The van der Waals surface area contributed by atoms with Gasteiger partial charge in [-0.1, -0.05) is 0 Å². The van der Waals surface area contributed by atoms with Crippen LogP contribution in [-0.2, 0) is 11.2 Å². The van der Waals surface area contributed by atoms with Crippen LogP contribution in [0, 0.1) is 5.92 Å². The average molecular weight is 258 g/mol. The lowest BCUT2D eigenvalue weighted by Gasteiger charge is -2.15. The third-order valence-electron chi connectivity index (χ3n) is 3.82. The van der Waals surface area contributed by atoms with E-state index in [1.807, 2.05) is 17.2 Å². The van der Waals surface area contributed by atoms with Gasteiger partial charge in [0.15, 0.2) is 0 Å². The van der Waals surface area contributed by atoms with Gasteiger partial charge in [-0.15, -0.1) is 0 Å². The van der Waals surface area contributed by atoms with Gasteiger partial charge in [-0.2, -0.15) is 0 Å². The van der Waals surface area contributed by atoms with E-state index in [-0.39, 0.29) is 5.91 Å². The molecule has 1 aliphatic rings. The number of nitrogens with zero attached hydrogens (tertiary/aromatic N) is 2. The third kappa shape index (κ3) is 2.33. The molecule has 3 heterocycles. The monoisotopic (exact) mass is 258 g/mol.